The van der Waals surface area contributed by atoms with Gasteiger partial charge in [0.15, 0.2) is 0 Å². The van der Waals surface area contributed by atoms with E-state index in [2.05, 4.69) is 41.2 Å². The van der Waals surface area contributed by atoms with E-state index in [0.717, 1.165) is 61.6 Å². The average molecular weight is 523 g/mol. The molecule has 0 spiro atoms. The fourth-order valence-electron chi connectivity index (χ4n) is 5.29. The summed E-state index contributed by atoms with van der Waals surface area (Å²) in [6.45, 7) is 1.11. The third kappa shape index (κ3) is 4.52. The van der Waals surface area contributed by atoms with Crippen LogP contribution in [0.25, 0.3) is 39.1 Å². The van der Waals surface area contributed by atoms with Crippen LogP contribution in [0.5, 0.6) is 0 Å². The maximum absolute atomic E-state index is 13.6. The minimum atomic E-state index is -2.62. The molecule has 5 aromatic heterocycles. The summed E-state index contributed by atoms with van der Waals surface area (Å²) in [5.74, 6) is -2.62. The summed E-state index contributed by atoms with van der Waals surface area (Å²) in [7, 11) is 0. The first-order valence-electron chi connectivity index (χ1n) is 12.8. The van der Waals surface area contributed by atoms with Crippen LogP contribution in [0.3, 0.4) is 0 Å². The Morgan fingerprint density at radius 3 is 2.82 bits per heavy atom. The third-order valence-electron chi connectivity index (χ3n) is 7.17. The first kappa shape index (κ1) is 23.5. The minimum Gasteiger partial charge on any atom is -0.355 e. The Kier molecular flexibility index (Phi) is 5.62. The van der Waals surface area contributed by atoms with E-state index in [9.17, 15) is 8.78 Å². The van der Waals surface area contributed by atoms with Gasteiger partial charge in [-0.25, -0.2) is 8.78 Å². The summed E-state index contributed by atoms with van der Waals surface area (Å²) >= 11 is 0. The summed E-state index contributed by atoms with van der Waals surface area (Å²) in [5, 5.41) is 8.60. The number of rotatable bonds is 5. The number of hydrogen-bond donors (Lipinski definition) is 2. The van der Waals surface area contributed by atoms with Crippen LogP contribution < -0.4 is 0 Å². The largest absolute Gasteiger partial charge is 0.355 e. The van der Waals surface area contributed by atoms with Crippen molar-refractivity contribution in [2.75, 3.05) is 13.1 Å². The van der Waals surface area contributed by atoms with Crippen molar-refractivity contribution >= 4 is 22.7 Å². The standard InChI is InChI=1S/C29H24F2N8/c30-29(31)5-8-39(17-29)16-18-9-19(13-33-12-18)24-11-22-27(15-35-24)37-38-28(22)25-10-21-20(23-3-1-2-6-34-23)4-7-32-14-26(21)36-25/h1-4,6-7,9-13,15,36H,5,8,14,16-17H2,(H,37,38). The van der Waals surface area contributed by atoms with E-state index in [4.69, 9.17) is 0 Å². The normalized spacial score (nSPS) is 16.8. The van der Waals surface area contributed by atoms with E-state index in [1.165, 1.54) is 0 Å². The van der Waals surface area contributed by atoms with Gasteiger partial charge in [0.05, 0.1) is 41.9 Å². The Balaban J connectivity index is 1.23. The average Bonchev–Trinajstić information content (AvgIpc) is 3.62. The maximum atomic E-state index is 13.6. The highest BCUT2D eigenvalue weighted by atomic mass is 19.3. The number of aliphatic imine (C=N–C) groups is 1. The second-order valence-electron chi connectivity index (χ2n) is 9.95. The van der Waals surface area contributed by atoms with Gasteiger partial charge < -0.3 is 4.98 Å². The number of allylic oxidation sites excluding steroid dienone is 1. The summed E-state index contributed by atoms with van der Waals surface area (Å²) < 4.78 is 27.3. The molecule has 1 saturated heterocycles. The maximum Gasteiger partial charge on any atom is 0.261 e. The van der Waals surface area contributed by atoms with Crippen LogP contribution in [-0.2, 0) is 13.1 Å². The van der Waals surface area contributed by atoms with Crippen LogP contribution in [-0.4, -0.2) is 60.3 Å². The lowest BCUT2D eigenvalue weighted by molar-refractivity contribution is 0.0115. The second kappa shape index (κ2) is 9.32. The molecule has 39 heavy (non-hydrogen) atoms. The number of alkyl halides is 2. The molecule has 1 fully saturated rings. The minimum absolute atomic E-state index is 0.102. The van der Waals surface area contributed by atoms with Crippen LogP contribution in [0.4, 0.5) is 8.78 Å². The number of H-pyrrole nitrogens is 2. The quantitative estimate of drug-likeness (QED) is 0.328. The molecule has 2 N–H and O–H groups in total. The van der Waals surface area contributed by atoms with Gasteiger partial charge in [-0.05, 0) is 42.0 Å². The Hall–Kier alpha value is -4.57. The van der Waals surface area contributed by atoms with Gasteiger partial charge in [-0.15, -0.1) is 0 Å². The molecule has 0 atom stereocenters. The molecular weight excluding hydrogens is 498 g/mol. The van der Waals surface area contributed by atoms with E-state index in [0.29, 0.717) is 19.6 Å². The number of likely N-dealkylation sites (tertiary alicyclic amines) is 1. The van der Waals surface area contributed by atoms with Crippen molar-refractivity contribution in [2.45, 2.75) is 25.4 Å². The van der Waals surface area contributed by atoms with Crippen molar-refractivity contribution in [1.82, 2.24) is 35.0 Å². The highest BCUT2D eigenvalue weighted by molar-refractivity contribution is 5.96. The van der Waals surface area contributed by atoms with Crippen LogP contribution >= 0.6 is 0 Å². The van der Waals surface area contributed by atoms with E-state index in [-0.39, 0.29) is 13.0 Å². The lowest BCUT2D eigenvalue weighted by atomic mass is 10.0. The molecule has 7 rings (SSSR count). The molecule has 5 aromatic rings. The van der Waals surface area contributed by atoms with Crippen LogP contribution in [0.2, 0.25) is 0 Å². The van der Waals surface area contributed by atoms with Gasteiger partial charge in [0.2, 0.25) is 0 Å². The molecule has 0 bridgehead atoms. The summed E-state index contributed by atoms with van der Waals surface area (Å²) in [4.78, 5) is 23.3. The van der Waals surface area contributed by atoms with Gasteiger partial charge in [-0.3, -0.25) is 29.9 Å². The molecule has 0 saturated carbocycles. The predicted molar refractivity (Wildman–Crippen MR) is 145 cm³/mol. The number of halogens is 2. The van der Waals surface area contributed by atoms with E-state index >= 15 is 0 Å². The van der Waals surface area contributed by atoms with Gasteiger partial charge in [0.1, 0.15) is 5.69 Å². The van der Waals surface area contributed by atoms with Crippen molar-refractivity contribution in [3.05, 3.63) is 89.8 Å². The van der Waals surface area contributed by atoms with Crippen molar-refractivity contribution < 1.29 is 8.78 Å². The molecule has 2 aliphatic heterocycles. The van der Waals surface area contributed by atoms with Crippen molar-refractivity contribution in [3.63, 3.8) is 0 Å². The van der Waals surface area contributed by atoms with Crippen LogP contribution in [0, 0.1) is 0 Å². The number of pyridine rings is 3. The van der Waals surface area contributed by atoms with E-state index in [1.807, 2.05) is 42.6 Å². The fraction of sp³-hybridized carbons (Fsp3) is 0.207. The predicted octanol–water partition coefficient (Wildman–Crippen LogP) is 5.27. The molecule has 7 heterocycles. The van der Waals surface area contributed by atoms with Gasteiger partial charge >= 0.3 is 0 Å². The summed E-state index contributed by atoms with van der Waals surface area (Å²) in [6, 6.07) is 11.9. The molecule has 0 unspecified atom stereocenters. The zero-order valence-corrected chi connectivity index (χ0v) is 20.9. The Morgan fingerprint density at radius 2 is 1.97 bits per heavy atom. The van der Waals surface area contributed by atoms with Crippen molar-refractivity contribution in [1.29, 1.82) is 0 Å². The van der Waals surface area contributed by atoms with Gasteiger partial charge in [-0.1, -0.05) is 6.07 Å². The monoisotopic (exact) mass is 522 g/mol. The van der Waals surface area contributed by atoms with Crippen LogP contribution in [0.15, 0.2) is 72.3 Å². The van der Waals surface area contributed by atoms with E-state index in [1.54, 1.807) is 29.7 Å². The Morgan fingerprint density at radius 1 is 1.03 bits per heavy atom. The molecule has 8 nitrogen and oxygen atoms in total. The summed E-state index contributed by atoms with van der Waals surface area (Å²) in [5.41, 5.74) is 8.78. The topological polar surface area (TPSA) is 98.7 Å². The molecule has 0 radical (unpaired) electrons. The molecule has 10 heteroatoms. The molecule has 0 aromatic carbocycles. The van der Waals surface area contributed by atoms with Crippen LogP contribution in [0.1, 0.15) is 28.9 Å². The van der Waals surface area contributed by atoms with Crippen molar-refractivity contribution in [3.8, 4) is 22.6 Å². The Bertz CT molecular complexity index is 1730. The summed E-state index contributed by atoms with van der Waals surface area (Å²) in [6.07, 6.45) is 10.7. The SMILES string of the molecule is FC1(F)CCN(Cc2cncc(-c3cc4c(-c5cc6c([nH]5)CN=CC=C6c5ccccn5)n[nH]c4cn3)c2)C1. The zero-order chi connectivity index (χ0) is 26.4. The third-order valence-corrected chi connectivity index (χ3v) is 7.17. The molecule has 2 aliphatic rings. The lowest BCUT2D eigenvalue weighted by Gasteiger charge is -2.15. The number of nitrogens with zero attached hydrogens (tertiary/aromatic N) is 6. The number of aromatic amines is 2. The molecule has 194 valence electrons. The number of aromatic nitrogens is 6. The second-order valence-corrected chi connectivity index (χ2v) is 9.95. The number of hydrogen-bond acceptors (Lipinski definition) is 6. The van der Waals surface area contributed by atoms with Crippen molar-refractivity contribution in [2.24, 2.45) is 4.99 Å². The molecule has 0 amide bonds. The smallest absolute Gasteiger partial charge is 0.261 e. The first-order chi connectivity index (χ1) is 19.0. The highest BCUT2D eigenvalue weighted by Gasteiger charge is 2.37. The zero-order valence-electron chi connectivity index (χ0n) is 20.9. The van der Waals surface area contributed by atoms with Gasteiger partial charge in [0, 0.05) is 72.1 Å². The lowest BCUT2D eigenvalue weighted by Crippen LogP contribution is -2.24. The van der Waals surface area contributed by atoms with Gasteiger partial charge in [-0.2, -0.15) is 5.10 Å². The number of fused-ring (bicyclic) bond motifs is 2. The molecular formula is C29H24F2N8. The molecule has 0 aliphatic carbocycles. The fourth-order valence-corrected chi connectivity index (χ4v) is 5.29. The number of nitrogens with one attached hydrogen (secondary N) is 2. The highest BCUT2D eigenvalue weighted by Crippen LogP contribution is 2.34. The van der Waals surface area contributed by atoms with E-state index < -0.39 is 5.92 Å². The first-order valence-corrected chi connectivity index (χ1v) is 12.8. The van der Waals surface area contributed by atoms with Gasteiger partial charge in [0.25, 0.3) is 5.92 Å². The Labute approximate surface area is 222 Å².